The number of fused-ring (bicyclic) bond motifs is 1. The van der Waals surface area contributed by atoms with Crippen molar-refractivity contribution in [1.82, 2.24) is 0 Å². The molecule has 21 heavy (non-hydrogen) atoms. The van der Waals surface area contributed by atoms with E-state index in [1.807, 2.05) is 6.29 Å². The summed E-state index contributed by atoms with van der Waals surface area (Å²) in [7, 11) is 0. The van der Waals surface area contributed by atoms with Gasteiger partial charge in [0.15, 0.2) is 0 Å². The van der Waals surface area contributed by atoms with E-state index >= 15 is 0 Å². The van der Waals surface area contributed by atoms with Crippen LogP contribution in [0.25, 0.3) is 0 Å². The first-order valence-corrected chi connectivity index (χ1v) is 8.51. The molecular formula is C16H18O4Sn. The molecule has 2 rings (SSSR count). The molecule has 0 fully saturated rings. The van der Waals surface area contributed by atoms with Gasteiger partial charge in [-0.15, -0.1) is 0 Å². The van der Waals surface area contributed by atoms with Crippen molar-refractivity contribution in [2.45, 2.75) is 52.4 Å². The molecule has 0 unspecified atom stereocenters. The Morgan fingerprint density at radius 2 is 1.76 bits per heavy atom. The number of unbranched alkanes of at least 4 members (excludes halogenated alkanes) is 2. The molecule has 4 nitrogen and oxygen atoms in total. The van der Waals surface area contributed by atoms with Crippen molar-refractivity contribution >= 4 is 35.2 Å². The first-order chi connectivity index (χ1) is 10.2. The molecule has 0 aromatic heterocycles. The number of hydrogen-bond donors (Lipinski definition) is 0. The Bertz CT molecular complexity index is 566. The van der Waals surface area contributed by atoms with Crippen LogP contribution in [0.3, 0.4) is 0 Å². The van der Waals surface area contributed by atoms with Crippen LogP contribution in [0.5, 0.6) is 11.5 Å². The second-order valence-corrected chi connectivity index (χ2v) is 5.75. The Morgan fingerprint density at radius 1 is 1.14 bits per heavy atom. The van der Waals surface area contributed by atoms with Crippen molar-refractivity contribution in [3.8, 4) is 11.5 Å². The first-order valence-electron chi connectivity index (χ1n) is 7.35. The van der Waals surface area contributed by atoms with Crippen molar-refractivity contribution in [3.05, 3.63) is 22.3 Å². The van der Waals surface area contributed by atoms with E-state index in [0.29, 0.717) is 45.6 Å². The number of carbonyl (C=O) groups excluding carboxylic acids is 2. The van der Waals surface area contributed by atoms with Gasteiger partial charge in [-0.25, -0.2) is 0 Å². The van der Waals surface area contributed by atoms with Gasteiger partial charge in [0.2, 0.25) is 0 Å². The Balaban J connectivity index is 2.55. The van der Waals surface area contributed by atoms with Crippen molar-refractivity contribution in [2.75, 3.05) is 0 Å². The summed E-state index contributed by atoms with van der Waals surface area (Å²) in [4.78, 5) is 23.4. The Hall–Kier alpha value is -1.04. The van der Waals surface area contributed by atoms with Gasteiger partial charge in [-0.1, -0.05) is 0 Å². The third kappa shape index (κ3) is 3.25. The molecule has 0 aliphatic carbocycles. The van der Waals surface area contributed by atoms with Gasteiger partial charge in [0.05, 0.1) is 0 Å². The number of benzene rings is 1. The molecule has 0 amide bonds. The van der Waals surface area contributed by atoms with E-state index in [4.69, 9.17) is 7.81 Å². The number of carbonyl (C=O) groups is 1. The maximum absolute atomic E-state index is 12.1. The van der Waals surface area contributed by atoms with Crippen molar-refractivity contribution in [1.29, 1.82) is 0 Å². The molecule has 110 valence electrons. The van der Waals surface area contributed by atoms with Gasteiger partial charge in [0.25, 0.3) is 0 Å². The van der Waals surface area contributed by atoms with Gasteiger partial charge in [0.1, 0.15) is 0 Å². The molecule has 0 saturated carbocycles. The van der Waals surface area contributed by atoms with Crippen molar-refractivity contribution in [2.24, 2.45) is 0 Å². The van der Waals surface area contributed by atoms with Crippen LogP contribution in [0, 0.1) is 0 Å². The second kappa shape index (κ2) is 7.29. The molecule has 0 spiro atoms. The minimum absolute atomic E-state index is 0.344. The van der Waals surface area contributed by atoms with E-state index in [2.05, 4.69) is 13.8 Å². The summed E-state index contributed by atoms with van der Waals surface area (Å²) >= 11 is 0.708. The average Bonchev–Trinajstić information content (AvgIpc) is 3.28. The third-order valence-corrected chi connectivity index (χ3v) is 4.28. The zero-order valence-corrected chi connectivity index (χ0v) is 15.2. The summed E-state index contributed by atoms with van der Waals surface area (Å²) in [5.41, 5.74) is 2.88. The summed E-state index contributed by atoms with van der Waals surface area (Å²) in [6, 6.07) is 0. The van der Waals surface area contributed by atoms with E-state index in [9.17, 15) is 9.59 Å². The van der Waals surface area contributed by atoms with Gasteiger partial charge in [-0.3, -0.25) is 0 Å². The summed E-state index contributed by atoms with van der Waals surface area (Å²) in [5, 5.41) is 0. The fourth-order valence-electron chi connectivity index (χ4n) is 2.62. The Kier molecular flexibility index (Phi) is 5.67. The van der Waals surface area contributed by atoms with Gasteiger partial charge < -0.3 is 0 Å². The molecule has 1 aliphatic heterocycles. The number of hydrogen-bond acceptors (Lipinski definition) is 4. The standard InChI is InChI=1S/C16H19O4.Sn/c1-3-5-7-10-11(8-6-4-2)13(16(18)19)15-14(20-15)12(10)9-17;/h3-8H2,1-2H3,(H,18,19);/q;+1/p-1. The van der Waals surface area contributed by atoms with Crippen LogP contribution in [0.2, 0.25) is 0 Å². The summed E-state index contributed by atoms with van der Waals surface area (Å²) in [5.74, 6) is 0.697. The second-order valence-electron chi connectivity index (χ2n) is 5.17. The molecule has 1 heterocycles. The van der Waals surface area contributed by atoms with E-state index in [1.165, 1.54) is 0 Å². The van der Waals surface area contributed by atoms with Gasteiger partial charge in [-0.2, -0.15) is 0 Å². The zero-order chi connectivity index (χ0) is 15.4. The maximum atomic E-state index is 12.1. The predicted molar refractivity (Wildman–Crippen MR) is 79.7 cm³/mol. The van der Waals surface area contributed by atoms with Gasteiger partial charge in [0, 0.05) is 0 Å². The molecular weight excluding hydrogens is 375 g/mol. The van der Waals surface area contributed by atoms with Gasteiger partial charge >= 0.3 is 139 Å². The normalized spacial score (nSPS) is 11.6. The summed E-state index contributed by atoms with van der Waals surface area (Å²) < 4.78 is 10.4. The molecule has 0 bridgehead atoms. The molecule has 0 N–H and O–H groups in total. The van der Waals surface area contributed by atoms with E-state index in [0.717, 1.165) is 49.7 Å². The SMILES string of the molecule is CCCCc1c([C]=O)c2c(c(C(=O)[O][Sn])c1CCCC)O2. The number of rotatable bonds is 8. The van der Waals surface area contributed by atoms with Crippen LogP contribution in [0.1, 0.15) is 66.6 Å². The molecule has 1 aromatic carbocycles. The average molecular weight is 393 g/mol. The van der Waals surface area contributed by atoms with Crippen molar-refractivity contribution in [3.63, 3.8) is 0 Å². The molecule has 4 radical (unpaired) electrons. The number of ether oxygens (including phenoxy) is 1. The van der Waals surface area contributed by atoms with Gasteiger partial charge in [-0.05, 0) is 0 Å². The van der Waals surface area contributed by atoms with Crippen LogP contribution in [0.15, 0.2) is 0 Å². The fourth-order valence-corrected chi connectivity index (χ4v) is 2.91. The van der Waals surface area contributed by atoms with Crippen LogP contribution in [-0.2, 0) is 20.7 Å². The molecule has 0 saturated heterocycles. The van der Waals surface area contributed by atoms with Crippen LogP contribution < -0.4 is 4.74 Å². The Morgan fingerprint density at radius 3 is 2.29 bits per heavy atom. The predicted octanol–water partition coefficient (Wildman–Crippen LogP) is 3.18. The van der Waals surface area contributed by atoms with E-state index in [1.54, 1.807) is 0 Å². The first kappa shape index (κ1) is 16.3. The summed E-state index contributed by atoms with van der Waals surface area (Å²) in [6.45, 7) is 4.21. The van der Waals surface area contributed by atoms with Crippen LogP contribution in [-0.4, -0.2) is 35.2 Å². The molecule has 1 aromatic rings. The quantitative estimate of drug-likeness (QED) is 0.511. The summed E-state index contributed by atoms with van der Waals surface area (Å²) in [6.07, 6.45) is 7.53. The molecule has 1 aliphatic rings. The van der Waals surface area contributed by atoms with Crippen LogP contribution >= 0.6 is 0 Å². The fraction of sp³-hybridized carbons (Fsp3) is 0.500. The monoisotopic (exact) mass is 394 g/mol. The van der Waals surface area contributed by atoms with E-state index < -0.39 is 0 Å². The topological polar surface area (TPSA) is 55.9 Å². The Labute approximate surface area is 138 Å². The third-order valence-electron chi connectivity index (χ3n) is 3.75. The minimum atomic E-state index is -0.344. The zero-order valence-electron chi connectivity index (χ0n) is 12.4. The van der Waals surface area contributed by atoms with Crippen molar-refractivity contribution < 1.29 is 17.4 Å². The van der Waals surface area contributed by atoms with Crippen LogP contribution in [0.4, 0.5) is 0 Å². The molecule has 5 heteroatoms. The van der Waals surface area contributed by atoms with E-state index in [-0.39, 0.29) is 5.97 Å². The molecule has 0 atom stereocenters.